The van der Waals surface area contributed by atoms with E-state index >= 15 is 0 Å². The van der Waals surface area contributed by atoms with E-state index in [1.807, 2.05) is 69.5 Å². The van der Waals surface area contributed by atoms with Gasteiger partial charge in [-0.05, 0) is 80.3 Å². The summed E-state index contributed by atoms with van der Waals surface area (Å²) < 4.78 is 13.4. The highest BCUT2D eigenvalue weighted by molar-refractivity contribution is 7.97. The molecule has 0 amide bonds. The van der Waals surface area contributed by atoms with Crippen molar-refractivity contribution in [2.75, 3.05) is 24.8 Å². The van der Waals surface area contributed by atoms with Crippen LogP contribution >= 0.6 is 11.9 Å². The van der Waals surface area contributed by atoms with Crippen LogP contribution in [-0.4, -0.2) is 31.3 Å². The number of nitrogens with one attached hydrogen (secondary N) is 3. The molecular weight excluding hydrogens is 546 g/mol. The van der Waals surface area contributed by atoms with E-state index in [1.54, 1.807) is 20.1 Å². The highest BCUT2D eigenvalue weighted by atomic mass is 32.2. The Kier molecular flexibility index (Phi) is 14.5. The van der Waals surface area contributed by atoms with Gasteiger partial charge >= 0.3 is 0 Å². The standard InChI is InChI=1S/C25H28N4OS.C5H5NO2.C3H8/c1-17-13-21(15-22(14-17)30-5)27-19(3)25(28-24-12-7-6-9-18(24)2)29-31-23-11-8-10-20(16-23)26-4;1-4-2-5(3-7)6-8-4;1-3-2/h6-16,26-27,29H,2H2,1,3-5H3;2-3H,1H3;3H2,1-2H3/b25-19-,28-24-;;. The summed E-state index contributed by atoms with van der Waals surface area (Å²) in [6.45, 7) is 14.1. The van der Waals surface area contributed by atoms with Crippen LogP contribution in [-0.2, 0) is 0 Å². The average molecular weight is 588 g/mol. The van der Waals surface area contributed by atoms with E-state index in [2.05, 4.69) is 63.7 Å². The highest BCUT2D eigenvalue weighted by Crippen LogP contribution is 2.25. The van der Waals surface area contributed by atoms with Crippen molar-refractivity contribution in [2.24, 2.45) is 4.99 Å². The average Bonchev–Trinajstić information content (AvgIpc) is 3.42. The number of hydrogen-bond acceptors (Lipinski definition) is 9. The lowest BCUT2D eigenvalue weighted by atomic mass is 10.1. The van der Waals surface area contributed by atoms with E-state index < -0.39 is 0 Å². The normalized spacial score (nSPS) is 13.2. The zero-order valence-electron chi connectivity index (χ0n) is 25.4. The summed E-state index contributed by atoms with van der Waals surface area (Å²) in [7, 11) is 3.58. The molecule has 1 aliphatic carbocycles. The van der Waals surface area contributed by atoms with Gasteiger partial charge in [0.2, 0.25) is 0 Å². The van der Waals surface area contributed by atoms with Gasteiger partial charge in [-0.2, -0.15) is 0 Å². The lowest BCUT2D eigenvalue weighted by Gasteiger charge is -2.15. The maximum absolute atomic E-state index is 9.90. The molecule has 3 N–H and O–H groups in total. The van der Waals surface area contributed by atoms with Crippen LogP contribution in [0.1, 0.15) is 49.0 Å². The van der Waals surface area contributed by atoms with Gasteiger partial charge in [0.15, 0.2) is 12.1 Å². The largest absolute Gasteiger partial charge is 0.497 e. The van der Waals surface area contributed by atoms with E-state index in [-0.39, 0.29) is 0 Å². The Labute approximate surface area is 253 Å². The Morgan fingerprint density at radius 3 is 2.43 bits per heavy atom. The summed E-state index contributed by atoms with van der Waals surface area (Å²) >= 11 is 1.51. The number of aryl methyl sites for hydroxylation is 2. The Bertz CT molecular complexity index is 1450. The number of rotatable bonds is 9. The summed E-state index contributed by atoms with van der Waals surface area (Å²) in [5.74, 6) is 2.19. The number of nitrogens with zero attached hydrogens (tertiary/aromatic N) is 2. The quantitative estimate of drug-likeness (QED) is 0.170. The predicted molar refractivity (Wildman–Crippen MR) is 176 cm³/mol. The van der Waals surface area contributed by atoms with Crippen molar-refractivity contribution in [3.63, 3.8) is 0 Å². The zero-order chi connectivity index (χ0) is 30.9. The third-order valence-corrected chi connectivity index (χ3v) is 6.14. The molecule has 0 atom stereocenters. The number of aromatic nitrogens is 1. The van der Waals surface area contributed by atoms with Gasteiger partial charge in [0.1, 0.15) is 17.2 Å². The predicted octanol–water partition coefficient (Wildman–Crippen LogP) is 8.28. The van der Waals surface area contributed by atoms with Crippen LogP contribution in [0.4, 0.5) is 11.4 Å². The fourth-order valence-corrected chi connectivity index (χ4v) is 4.15. The number of methoxy groups -OCH3 is 1. The fourth-order valence-electron chi connectivity index (χ4n) is 3.40. The molecule has 0 fully saturated rings. The van der Waals surface area contributed by atoms with Crippen molar-refractivity contribution in [1.29, 1.82) is 0 Å². The van der Waals surface area contributed by atoms with Gasteiger partial charge in [0, 0.05) is 35.5 Å². The minimum atomic E-state index is 0.350. The summed E-state index contributed by atoms with van der Waals surface area (Å²) in [6, 6.07) is 15.8. The van der Waals surface area contributed by atoms with Crippen molar-refractivity contribution in [2.45, 2.75) is 45.9 Å². The molecule has 1 aromatic heterocycles. The number of ether oxygens (including phenoxy) is 1. The molecule has 1 heterocycles. The monoisotopic (exact) mass is 587 g/mol. The van der Waals surface area contributed by atoms with Gasteiger partial charge in [-0.25, -0.2) is 4.99 Å². The Morgan fingerprint density at radius 2 is 1.83 bits per heavy atom. The number of benzene rings is 2. The molecule has 222 valence electrons. The summed E-state index contributed by atoms with van der Waals surface area (Å²) in [6.07, 6.45) is 9.73. The minimum Gasteiger partial charge on any atom is -0.497 e. The molecule has 1 aliphatic rings. The molecule has 2 aromatic carbocycles. The molecule has 0 radical (unpaired) electrons. The van der Waals surface area contributed by atoms with Crippen LogP contribution < -0.4 is 20.1 Å². The van der Waals surface area contributed by atoms with E-state index in [4.69, 9.17) is 9.73 Å². The number of carbonyl (C=O) groups is 1. The molecule has 42 heavy (non-hydrogen) atoms. The summed E-state index contributed by atoms with van der Waals surface area (Å²) in [5, 5.41) is 10.0. The molecule has 0 unspecified atom stereocenters. The topological polar surface area (TPSA) is 101 Å². The van der Waals surface area contributed by atoms with Crippen LogP contribution in [0.15, 0.2) is 111 Å². The lowest BCUT2D eigenvalue weighted by molar-refractivity contribution is 0.111. The molecule has 8 nitrogen and oxygen atoms in total. The molecule has 0 saturated heterocycles. The van der Waals surface area contributed by atoms with Gasteiger partial charge in [-0.15, -0.1) is 0 Å². The number of aldehydes is 1. The number of aliphatic imine (C=N–C) groups is 1. The summed E-state index contributed by atoms with van der Waals surface area (Å²) in [4.78, 5) is 15.8. The molecule has 0 aliphatic heterocycles. The van der Waals surface area contributed by atoms with Gasteiger partial charge in [-0.1, -0.05) is 56.3 Å². The van der Waals surface area contributed by atoms with Crippen molar-refractivity contribution >= 4 is 35.3 Å². The second-order valence-corrected chi connectivity index (χ2v) is 10.1. The van der Waals surface area contributed by atoms with Crippen molar-refractivity contribution in [3.8, 4) is 5.75 Å². The maximum atomic E-state index is 9.90. The van der Waals surface area contributed by atoms with E-state index in [0.29, 0.717) is 17.7 Å². The van der Waals surface area contributed by atoms with Crippen LogP contribution in [0.25, 0.3) is 0 Å². The molecule has 0 bridgehead atoms. The zero-order valence-corrected chi connectivity index (χ0v) is 26.3. The van der Waals surface area contributed by atoms with Gasteiger partial charge in [0.05, 0.1) is 18.5 Å². The SMILES string of the molecule is C=C1C=CC=C/C1=N/C(NSc1cccc(NC)c1)=C(\C)Nc1cc(C)cc(OC)c1.CCC.Cc1cc(C=O)no1. The number of hydrogen-bond donors (Lipinski definition) is 3. The molecular formula is C33H41N5O3S. The van der Waals surface area contributed by atoms with Gasteiger partial charge in [0.25, 0.3) is 0 Å². The summed E-state index contributed by atoms with van der Waals surface area (Å²) in [5.41, 5.74) is 6.03. The Hall–Kier alpha value is -4.50. The van der Waals surface area contributed by atoms with Gasteiger partial charge < -0.3 is 24.6 Å². The first-order chi connectivity index (χ1) is 20.2. The van der Waals surface area contributed by atoms with Crippen LogP contribution in [0.2, 0.25) is 0 Å². The smallest absolute Gasteiger partial charge is 0.171 e. The van der Waals surface area contributed by atoms with Crippen molar-refractivity contribution < 1.29 is 14.1 Å². The highest BCUT2D eigenvalue weighted by Gasteiger charge is 2.09. The Morgan fingerprint density at radius 1 is 1.10 bits per heavy atom. The molecule has 0 saturated carbocycles. The van der Waals surface area contributed by atoms with Crippen LogP contribution in [0.3, 0.4) is 0 Å². The van der Waals surface area contributed by atoms with Crippen molar-refractivity contribution in [3.05, 3.63) is 114 Å². The fraction of sp³-hybridized carbons (Fsp3) is 0.242. The van der Waals surface area contributed by atoms with E-state index in [9.17, 15) is 4.79 Å². The second-order valence-electron chi connectivity index (χ2n) is 9.25. The van der Waals surface area contributed by atoms with Crippen LogP contribution in [0.5, 0.6) is 5.75 Å². The van der Waals surface area contributed by atoms with Crippen molar-refractivity contribution in [1.82, 2.24) is 9.88 Å². The second kappa shape index (κ2) is 18.0. The third-order valence-electron chi connectivity index (χ3n) is 5.35. The number of anilines is 2. The van der Waals surface area contributed by atoms with Crippen LogP contribution in [0, 0.1) is 13.8 Å². The van der Waals surface area contributed by atoms with E-state index in [1.165, 1.54) is 18.4 Å². The Balaban J connectivity index is 0.000000471. The molecule has 0 spiro atoms. The third kappa shape index (κ3) is 11.5. The number of carbonyl (C=O) groups excluding carboxylic acids is 1. The van der Waals surface area contributed by atoms with Gasteiger partial charge in [-0.3, -0.25) is 4.79 Å². The molecule has 9 heteroatoms. The maximum Gasteiger partial charge on any atom is 0.171 e. The first-order valence-corrected chi connectivity index (χ1v) is 14.4. The number of allylic oxidation sites excluding steroid dienone is 6. The first-order valence-electron chi connectivity index (χ1n) is 13.6. The first kappa shape index (κ1) is 33.7. The lowest BCUT2D eigenvalue weighted by Crippen LogP contribution is -2.12. The molecule has 3 aromatic rings. The molecule has 4 rings (SSSR count). The minimum absolute atomic E-state index is 0.350. The van der Waals surface area contributed by atoms with E-state index in [0.717, 1.165) is 50.4 Å².